The highest BCUT2D eigenvalue weighted by molar-refractivity contribution is 7.09. The summed E-state index contributed by atoms with van der Waals surface area (Å²) in [6.07, 6.45) is 3.81. The summed E-state index contributed by atoms with van der Waals surface area (Å²) < 4.78 is 13.9. The first-order chi connectivity index (χ1) is 13.1. The van der Waals surface area contributed by atoms with Crippen molar-refractivity contribution >= 4 is 23.2 Å². The summed E-state index contributed by atoms with van der Waals surface area (Å²) in [4.78, 5) is 30.8. The van der Waals surface area contributed by atoms with Crippen LogP contribution in [0.1, 0.15) is 52.7 Å². The number of piperidine rings is 1. The van der Waals surface area contributed by atoms with Crippen molar-refractivity contribution in [2.45, 2.75) is 38.1 Å². The molecular formula is C20H22FN3O2S. The van der Waals surface area contributed by atoms with E-state index >= 15 is 0 Å². The number of benzene rings is 1. The number of hydrogen-bond acceptors (Lipinski definition) is 4. The molecule has 1 aromatic heterocycles. The van der Waals surface area contributed by atoms with E-state index in [1.165, 1.54) is 12.1 Å². The molecule has 1 aliphatic heterocycles. The largest absolute Gasteiger partial charge is 0.350 e. The molecule has 0 radical (unpaired) electrons. The first kappa shape index (κ1) is 18.1. The first-order valence-electron chi connectivity index (χ1n) is 9.37. The van der Waals surface area contributed by atoms with E-state index in [-0.39, 0.29) is 29.2 Å². The fraction of sp³-hybridized carbons (Fsp3) is 0.450. The Balaban J connectivity index is 1.38. The Kier molecular flexibility index (Phi) is 5.20. The number of halogens is 1. The maximum absolute atomic E-state index is 13.9. The summed E-state index contributed by atoms with van der Waals surface area (Å²) >= 11 is 1.57. The third-order valence-electron chi connectivity index (χ3n) is 5.12. The second-order valence-corrected chi connectivity index (χ2v) is 8.13. The van der Waals surface area contributed by atoms with Crippen molar-refractivity contribution < 1.29 is 14.0 Å². The van der Waals surface area contributed by atoms with Gasteiger partial charge in [0.15, 0.2) is 0 Å². The Bertz CT molecular complexity index is 849. The van der Waals surface area contributed by atoms with Gasteiger partial charge in [0.2, 0.25) is 5.91 Å². The molecular weight excluding hydrogens is 365 g/mol. The Labute approximate surface area is 161 Å². The summed E-state index contributed by atoms with van der Waals surface area (Å²) in [6, 6.07) is 6.12. The van der Waals surface area contributed by atoms with Crippen LogP contribution < -0.4 is 5.32 Å². The molecule has 27 heavy (non-hydrogen) atoms. The lowest BCUT2D eigenvalue weighted by Gasteiger charge is -2.32. The number of carbonyl (C=O) groups excluding carboxylic acids is 2. The lowest BCUT2D eigenvalue weighted by Crippen LogP contribution is -2.39. The van der Waals surface area contributed by atoms with Crippen LogP contribution in [-0.4, -0.2) is 34.8 Å². The summed E-state index contributed by atoms with van der Waals surface area (Å²) in [5, 5.41) is 5.89. The maximum Gasteiger partial charge on any atom is 0.256 e. The van der Waals surface area contributed by atoms with E-state index in [0.717, 1.165) is 36.4 Å². The van der Waals surface area contributed by atoms with Gasteiger partial charge in [0.1, 0.15) is 5.82 Å². The molecule has 2 fully saturated rings. The van der Waals surface area contributed by atoms with Crippen LogP contribution in [0.15, 0.2) is 29.6 Å². The van der Waals surface area contributed by atoms with E-state index in [4.69, 9.17) is 0 Å². The van der Waals surface area contributed by atoms with Crippen LogP contribution in [0.3, 0.4) is 0 Å². The number of thiazole rings is 1. The number of nitrogens with zero attached hydrogens (tertiary/aromatic N) is 2. The van der Waals surface area contributed by atoms with Gasteiger partial charge >= 0.3 is 0 Å². The predicted octanol–water partition coefficient (Wildman–Crippen LogP) is 3.33. The van der Waals surface area contributed by atoms with E-state index in [1.54, 1.807) is 28.4 Å². The lowest BCUT2D eigenvalue weighted by molar-refractivity contribution is -0.122. The molecule has 4 rings (SSSR count). The zero-order valence-corrected chi connectivity index (χ0v) is 15.8. The van der Waals surface area contributed by atoms with E-state index < -0.39 is 5.82 Å². The van der Waals surface area contributed by atoms with Crippen LogP contribution >= 0.6 is 11.3 Å². The molecule has 2 aliphatic rings. The molecule has 1 aliphatic carbocycles. The maximum atomic E-state index is 13.9. The van der Waals surface area contributed by atoms with Gasteiger partial charge in [0.05, 0.1) is 22.8 Å². The minimum Gasteiger partial charge on any atom is -0.350 e. The number of amides is 2. The zero-order chi connectivity index (χ0) is 18.8. The molecule has 1 saturated heterocycles. The Morgan fingerprint density at radius 1 is 1.26 bits per heavy atom. The van der Waals surface area contributed by atoms with E-state index in [2.05, 4.69) is 10.3 Å². The molecule has 1 aromatic carbocycles. The Hall–Kier alpha value is -2.28. The number of nitrogens with one attached hydrogen (secondary N) is 1. The topological polar surface area (TPSA) is 62.3 Å². The highest BCUT2D eigenvalue weighted by Gasteiger charge is 2.30. The third kappa shape index (κ3) is 4.18. The smallest absolute Gasteiger partial charge is 0.256 e. The quantitative estimate of drug-likeness (QED) is 0.856. The zero-order valence-electron chi connectivity index (χ0n) is 15.0. The van der Waals surface area contributed by atoms with Gasteiger partial charge in [-0.25, -0.2) is 9.37 Å². The molecule has 0 spiro atoms. The number of carbonyl (C=O) groups is 2. The van der Waals surface area contributed by atoms with Crippen LogP contribution in [0.2, 0.25) is 0 Å². The molecule has 5 nitrogen and oxygen atoms in total. The van der Waals surface area contributed by atoms with Gasteiger partial charge in [-0.3, -0.25) is 9.59 Å². The van der Waals surface area contributed by atoms with E-state index in [0.29, 0.717) is 19.6 Å². The lowest BCUT2D eigenvalue weighted by atomic mass is 9.98. The van der Waals surface area contributed by atoms with Gasteiger partial charge in [-0.1, -0.05) is 12.1 Å². The van der Waals surface area contributed by atoms with Gasteiger partial charge < -0.3 is 10.2 Å². The van der Waals surface area contributed by atoms with Gasteiger partial charge in [-0.2, -0.15) is 0 Å². The van der Waals surface area contributed by atoms with Gasteiger partial charge in [-0.05, 0) is 37.8 Å². The second-order valence-electron chi connectivity index (χ2n) is 7.24. The first-order valence-corrected chi connectivity index (χ1v) is 10.3. The van der Waals surface area contributed by atoms with Crippen LogP contribution in [0.25, 0.3) is 0 Å². The minimum absolute atomic E-state index is 0.115. The molecule has 1 N–H and O–H groups in total. The van der Waals surface area contributed by atoms with Crippen molar-refractivity contribution in [1.82, 2.24) is 15.2 Å². The number of hydrogen-bond donors (Lipinski definition) is 1. The predicted molar refractivity (Wildman–Crippen MR) is 101 cm³/mol. The van der Waals surface area contributed by atoms with Crippen molar-refractivity contribution in [2.24, 2.45) is 5.92 Å². The molecule has 2 amide bonds. The molecule has 142 valence electrons. The Morgan fingerprint density at radius 3 is 2.85 bits per heavy atom. The van der Waals surface area contributed by atoms with Crippen molar-refractivity contribution in [3.05, 3.63) is 51.7 Å². The van der Waals surface area contributed by atoms with Crippen LogP contribution in [0.5, 0.6) is 0 Å². The highest BCUT2D eigenvalue weighted by Crippen LogP contribution is 2.31. The van der Waals surface area contributed by atoms with Crippen LogP contribution in [0, 0.1) is 11.7 Å². The SMILES string of the molecule is O=C(NCc1csc([C@H]2CCCN(C(=O)c3ccccc3F)C2)n1)C1CC1. The fourth-order valence-electron chi connectivity index (χ4n) is 3.43. The summed E-state index contributed by atoms with van der Waals surface area (Å²) in [7, 11) is 0. The number of likely N-dealkylation sites (tertiary alicyclic amines) is 1. The molecule has 1 saturated carbocycles. The van der Waals surface area contributed by atoms with Crippen molar-refractivity contribution in [2.75, 3.05) is 13.1 Å². The molecule has 0 unspecified atom stereocenters. The van der Waals surface area contributed by atoms with Crippen molar-refractivity contribution in [3.63, 3.8) is 0 Å². The second kappa shape index (κ2) is 7.76. The molecule has 2 aromatic rings. The number of aromatic nitrogens is 1. The molecule has 1 atom stereocenters. The molecule has 2 heterocycles. The average molecular weight is 387 g/mol. The van der Waals surface area contributed by atoms with Crippen LogP contribution in [0.4, 0.5) is 4.39 Å². The third-order valence-corrected chi connectivity index (χ3v) is 6.18. The molecule has 0 bridgehead atoms. The minimum atomic E-state index is -0.479. The van der Waals surface area contributed by atoms with Gasteiger partial charge in [0, 0.05) is 30.3 Å². The van der Waals surface area contributed by atoms with Gasteiger partial charge in [-0.15, -0.1) is 11.3 Å². The van der Waals surface area contributed by atoms with Crippen molar-refractivity contribution in [3.8, 4) is 0 Å². The highest BCUT2D eigenvalue weighted by atomic mass is 32.1. The standard InChI is InChI=1S/C20H22FN3O2S/c21-17-6-2-1-5-16(17)20(26)24-9-3-4-14(11-24)19-23-15(12-27-19)10-22-18(25)13-7-8-13/h1-2,5-6,12-14H,3-4,7-11H2,(H,22,25)/t14-/m0/s1. The summed E-state index contributed by atoms with van der Waals surface area (Å²) in [5.74, 6) is -0.269. The summed E-state index contributed by atoms with van der Waals surface area (Å²) in [6.45, 7) is 1.64. The fourth-order valence-corrected chi connectivity index (χ4v) is 4.37. The molecule has 7 heteroatoms. The normalized spacial score (nSPS) is 19.7. The van der Waals surface area contributed by atoms with E-state index in [9.17, 15) is 14.0 Å². The Morgan fingerprint density at radius 2 is 2.07 bits per heavy atom. The van der Waals surface area contributed by atoms with Crippen LogP contribution in [-0.2, 0) is 11.3 Å². The monoisotopic (exact) mass is 387 g/mol. The van der Waals surface area contributed by atoms with E-state index in [1.807, 2.05) is 5.38 Å². The summed E-state index contributed by atoms with van der Waals surface area (Å²) in [5.41, 5.74) is 0.988. The number of rotatable bonds is 5. The average Bonchev–Trinajstić information content (AvgIpc) is 3.44. The van der Waals surface area contributed by atoms with Crippen molar-refractivity contribution in [1.29, 1.82) is 0 Å². The van der Waals surface area contributed by atoms with Gasteiger partial charge in [0.25, 0.3) is 5.91 Å².